The third-order valence-electron chi connectivity index (χ3n) is 5.52. The molecule has 1 aliphatic heterocycles. The number of aliphatic hydroxyl groups excluding tert-OH is 4. The van der Waals surface area contributed by atoms with Gasteiger partial charge in [-0.15, -0.1) is 0 Å². The average Bonchev–Trinajstić information content (AvgIpc) is 2.97. The van der Waals surface area contributed by atoms with Crippen LogP contribution in [0.25, 0.3) is 0 Å². The molecule has 0 saturated heterocycles. The summed E-state index contributed by atoms with van der Waals surface area (Å²) in [4.78, 5) is 21.4. The molecule has 0 aromatic heterocycles. The van der Waals surface area contributed by atoms with E-state index in [0.29, 0.717) is 12.8 Å². The molecule has 0 fully saturated rings. The maximum absolute atomic E-state index is 11.1. The van der Waals surface area contributed by atoms with Crippen LogP contribution in [0.2, 0.25) is 0 Å². The molecule has 0 radical (unpaired) electrons. The van der Waals surface area contributed by atoms with E-state index in [1.54, 1.807) is 0 Å². The SMILES string of the molecule is O=C([O-])CCCCCCCCCCCCCCCC(O)[C@H](O)[C@H]1OC(=O)C(O)=C1O.[Na+]. The molecule has 0 spiro atoms. The Labute approximate surface area is 207 Å². The molecule has 8 nitrogen and oxygen atoms in total. The smallest absolute Gasteiger partial charge is 0.550 e. The minimum Gasteiger partial charge on any atom is -0.550 e. The topological polar surface area (TPSA) is 147 Å². The van der Waals surface area contributed by atoms with Crippen molar-refractivity contribution in [3.63, 3.8) is 0 Å². The van der Waals surface area contributed by atoms with Gasteiger partial charge < -0.3 is 35.1 Å². The van der Waals surface area contributed by atoms with Gasteiger partial charge in [0.25, 0.3) is 0 Å². The first-order valence-corrected chi connectivity index (χ1v) is 11.2. The fourth-order valence-corrected chi connectivity index (χ4v) is 3.64. The van der Waals surface area contributed by atoms with Crippen molar-refractivity contribution in [1.82, 2.24) is 0 Å². The molecule has 0 amide bonds. The first kappa shape index (κ1) is 30.2. The van der Waals surface area contributed by atoms with Gasteiger partial charge in [0.2, 0.25) is 5.76 Å². The Hall–Kier alpha value is -0.800. The summed E-state index contributed by atoms with van der Waals surface area (Å²) in [6, 6.07) is 0. The zero-order chi connectivity index (χ0) is 22.4. The van der Waals surface area contributed by atoms with Crippen molar-refractivity contribution in [2.75, 3.05) is 0 Å². The van der Waals surface area contributed by atoms with E-state index in [4.69, 9.17) is 0 Å². The van der Waals surface area contributed by atoms with Crippen LogP contribution in [0.3, 0.4) is 0 Å². The van der Waals surface area contributed by atoms with Crippen LogP contribution >= 0.6 is 0 Å². The Bertz CT molecular complexity index is 552. The van der Waals surface area contributed by atoms with E-state index < -0.39 is 41.8 Å². The van der Waals surface area contributed by atoms with E-state index in [0.717, 1.165) is 44.9 Å². The molecule has 1 rings (SSSR count). The number of carboxylic acids is 1. The van der Waals surface area contributed by atoms with Crippen molar-refractivity contribution >= 4 is 11.9 Å². The molecule has 174 valence electrons. The molecular weight excluding hydrogens is 415 g/mol. The molecule has 9 heteroatoms. The first-order chi connectivity index (χ1) is 14.3. The molecule has 31 heavy (non-hydrogen) atoms. The minimum absolute atomic E-state index is 0. The van der Waals surface area contributed by atoms with Crippen molar-refractivity contribution in [1.29, 1.82) is 0 Å². The number of hydrogen-bond donors (Lipinski definition) is 4. The van der Waals surface area contributed by atoms with Gasteiger partial charge >= 0.3 is 35.5 Å². The van der Waals surface area contributed by atoms with Crippen molar-refractivity contribution in [3.8, 4) is 0 Å². The van der Waals surface area contributed by atoms with Gasteiger partial charge in [-0.2, -0.15) is 0 Å². The maximum atomic E-state index is 11.1. The van der Waals surface area contributed by atoms with Gasteiger partial charge in [0.1, 0.15) is 6.10 Å². The number of carbonyl (C=O) groups excluding carboxylic acids is 2. The Kier molecular flexibility index (Phi) is 17.3. The van der Waals surface area contributed by atoms with Crippen LogP contribution < -0.4 is 34.7 Å². The Balaban J connectivity index is 0.00000900. The summed E-state index contributed by atoms with van der Waals surface area (Å²) in [6.45, 7) is 0. The quantitative estimate of drug-likeness (QED) is 0.124. The van der Waals surface area contributed by atoms with Crippen LogP contribution in [0.1, 0.15) is 96.3 Å². The van der Waals surface area contributed by atoms with Gasteiger partial charge in [-0.25, -0.2) is 4.79 Å². The molecule has 1 aliphatic rings. The number of carboxylic acid groups (broad SMARTS) is 1. The van der Waals surface area contributed by atoms with Crippen LogP contribution in [0.15, 0.2) is 11.5 Å². The van der Waals surface area contributed by atoms with Crippen LogP contribution in [0.5, 0.6) is 0 Å². The molecule has 0 saturated carbocycles. The summed E-state index contributed by atoms with van der Waals surface area (Å²) in [6.07, 6.45) is 10.2. The van der Waals surface area contributed by atoms with Gasteiger partial charge in [-0.05, 0) is 19.3 Å². The summed E-state index contributed by atoms with van der Waals surface area (Å²) >= 11 is 0. The largest absolute Gasteiger partial charge is 1.00 e. The molecule has 0 bridgehead atoms. The van der Waals surface area contributed by atoms with Crippen LogP contribution in [0.4, 0.5) is 0 Å². The molecule has 1 unspecified atom stereocenters. The molecule has 4 N–H and O–H groups in total. The van der Waals surface area contributed by atoms with E-state index in [9.17, 15) is 35.1 Å². The normalized spacial score (nSPS) is 17.9. The van der Waals surface area contributed by atoms with E-state index in [1.165, 1.54) is 32.1 Å². The summed E-state index contributed by atoms with van der Waals surface area (Å²) in [5, 5.41) is 49.1. The van der Waals surface area contributed by atoms with Crippen molar-refractivity contribution in [3.05, 3.63) is 11.5 Å². The van der Waals surface area contributed by atoms with Gasteiger partial charge in [0.15, 0.2) is 11.9 Å². The van der Waals surface area contributed by atoms with E-state index in [1.807, 2.05) is 0 Å². The van der Waals surface area contributed by atoms with Crippen molar-refractivity contribution in [2.45, 2.75) is 115 Å². The molecule has 0 aliphatic carbocycles. The number of cyclic esters (lactones) is 1. The molecule has 0 aromatic carbocycles. The number of hydrogen-bond acceptors (Lipinski definition) is 8. The number of unbranched alkanes of at least 4 members (excludes halogenated alkanes) is 12. The second-order valence-electron chi connectivity index (χ2n) is 8.12. The van der Waals surface area contributed by atoms with Crippen molar-refractivity contribution in [2.24, 2.45) is 0 Å². The average molecular weight is 453 g/mol. The fraction of sp³-hybridized carbons (Fsp3) is 0.818. The van der Waals surface area contributed by atoms with Gasteiger partial charge in [-0.3, -0.25) is 0 Å². The maximum Gasteiger partial charge on any atom is 1.00 e. The van der Waals surface area contributed by atoms with Crippen molar-refractivity contribution < 1.29 is 69.4 Å². The number of carbonyl (C=O) groups is 2. The first-order valence-electron chi connectivity index (χ1n) is 11.2. The summed E-state index contributed by atoms with van der Waals surface area (Å²) in [5.41, 5.74) is 0. The summed E-state index contributed by atoms with van der Waals surface area (Å²) in [5.74, 6) is -3.71. The Morgan fingerprint density at radius 2 is 1.26 bits per heavy atom. The standard InChI is InChI=1S/C22H38O8.Na/c23-16(18(26)21-19(27)20(28)22(29)30-21)14-12-10-8-6-4-2-1-3-5-7-9-11-13-15-17(24)25;/h16,18,21,23,26-28H,1-15H2,(H,24,25);/q;+1/p-1/t16?,18-,21+;/m0./s1. The molecule has 1 heterocycles. The van der Waals surface area contributed by atoms with Crippen LogP contribution in [-0.4, -0.2) is 50.7 Å². The number of rotatable bonds is 18. The van der Waals surface area contributed by atoms with E-state index in [2.05, 4.69) is 4.74 Å². The van der Waals surface area contributed by atoms with E-state index >= 15 is 0 Å². The number of aliphatic carboxylic acids is 1. The third kappa shape index (κ3) is 12.7. The summed E-state index contributed by atoms with van der Waals surface area (Å²) in [7, 11) is 0. The van der Waals surface area contributed by atoms with Gasteiger partial charge in [-0.1, -0.05) is 77.0 Å². The zero-order valence-electron chi connectivity index (χ0n) is 18.8. The molecule has 3 atom stereocenters. The van der Waals surface area contributed by atoms with Crippen LogP contribution in [-0.2, 0) is 14.3 Å². The predicted molar refractivity (Wildman–Crippen MR) is 108 cm³/mol. The Morgan fingerprint density at radius 3 is 1.65 bits per heavy atom. The fourth-order valence-electron chi connectivity index (χ4n) is 3.64. The number of aliphatic hydroxyl groups is 4. The molecular formula is C22H37NaO8. The number of esters is 1. The zero-order valence-corrected chi connectivity index (χ0v) is 20.8. The summed E-state index contributed by atoms with van der Waals surface area (Å²) < 4.78 is 4.65. The second-order valence-corrected chi connectivity index (χ2v) is 8.12. The second kappa shape index (κ2) is 17.7. The van der Waals surface area contributed by atoms with Gasteiger partial charge in [0.05, 0.1) is 6.10 Å². The molecule has 0 aromatic rings. The minimum atomic E-state index is -1.47. The predicted octanol–water partition coefficient (Wildman–Crippen LogP) is -0.433. The van der Waals surface area contributed by atoms with Gasteiger partial charge in [0, 0.05) is 5.97 Å². The van der Waals surface area contributed by atoms with E-state index in [-0.39, 0.29) is 36.0 Å². The monoisotopic (exact) mass is 452 g/mol. The van der Waals surface area contributed by atoms with Crippen LogP contribution in [0, 0.1) is 0 Å². The third-order valence-corrected chi connectivity index (χ3v) is 5.52. The Morgan fingerprint density at radius 1 is 0.839 bits per heavy atom. The number of ether oxygens (including phenoxy) is 1.